The van der Waals surface area contributed by atoms with E-state index in [1.807, 2.05) is 6.07 Å². The van der Waals surface area contributed by atoms with E-state index in [0.717, 1.165) is 6.07 Å². The highest BCUT2D eigenvalue weighted by Gasteiger charge is 2.41. The smallest absolute Gasteiger partial charge is 0.371 e. The molecule has 6 heteroatoms. The minimum absolute atomic E-state index is 0.00189. The van der Waals surface area contributed by atoms with E-state index in [1.54, 1.807) is 4.90 Å². The zero-order valence-electron chi connectivity index (χ0n) is 10.0. The van der Waals surface area contributed by atoms with Gasteiger partial charge in [-0.2, -0.15) is 18.4 Å². The SMILES string of the molecule is N#Cc1cc(F)cc(N2CCC(C(F)(F)F)CC2)c1. The number of nitriles is 1. The molecule has 1 aromatic rings. The van der Waals surface area contributed by atoms with Crippen LogP contribution in [0.2, 0.25) is 0 Å². The Balaban J connectivity index is 2.10. The molecular formula is C13H12F4N2. The first kappa shape index (κ1) is 13.7. The zero-order chi connectivity index (χ0) is 14.0. The summed E-state index contributed by atoms with van der Waals surface area (Å²) >= 11 is 0. The van der Waals surface area contributed by atoms with Crippen LogP contribution in [0.15, 0.2) is 18.2 Å². The molecule has 0 spiro atoms. The van der Waals surface area contributed by atoms with Crippen LogP contribution in [0.3, 0.4) is 0 Å². The largest absolute Gasteiger partial charge is 0.391 e. The van der Waals surface area contributed by atoms with Crippen molar-refractivity contribution in [1.29, 1.82) is 5.26 Å². The Morgan fingerprint density at radius 1 is 1.16 bits per heavy atom. The highest BCUT2D eigenvalue weighted by molar-refractivity contribution is 5.52. The van der Waals surface area contributed by atoms with E-state index in [-0.39, 0.29) is 31.5 Å². The molecular weight excluding hydrogens is 260 g/mol. The number of hydrogen-bond acceptors (Lipinski definition) is 2. The Morgan fingerprint density at radius 3 is 2.32 bits per heavy atom. The van der Waals surface area contributed by atoms with Gasteiger partial charge in [-0.25, -0.2) is 4.39 Å². The minimum Gasteiger partial charge on any atom is -0.371 e. The van der Waals surface area contributed by atoms with Crippen molar-refractivity contribution in [2.24, 2.45) is 5.92 Å². The molecule has 2 nitrogen and oxygen atoms in total. The average molecular weight is 272 g/mol. The Labute approximate surface area is 108 Å². The molecule has 0 amide bonds. The second kappa shape index (κ2) is 5.08. The number of piperidine rings is 1. The lowest BCUT2D eigenvalue weighted by Gasteiger charge is -2.34. The van der Waals surface area contributed by atoms with Crippen LogP contribution in [-0.4, -0.2) is 19.3 Å². The minimum atomic E-state index is -4.16. The van der Waals surface area contributed by atoms with Crippen LogP contribution in [0.4, 0.5) is 23.2 Å². The van der Waals surface area contributed by atoms with Crippen LogP contribution in [0, 0.1) is 23.1 Å². The summed E-state index contributed by atoms with van der Waals surface area (Å²) in [5.74, 6) is -1.83. The third kappa shape index (κ3) is 3.16. The summed E-state index contributed by atoms with van der Waals surface area (Å²) in [6, 6.07) is 5.68. The molecule has 1 aliphatic rings. The standard InChI is InChI=1S/C13H12F4N2/c14-11-5-9(8-18)6-12(7-11)19-3-1-10(2-4-19)13(15,16)17/h5-7,10H,1-4H2. The molecule has 0 aromatic heterocycles. The van der Waals surface area contributed by atoms with Crippen molar-refractivity contribution >= 4 is 5.69 Å². The quantitative estimate of drug-likeness (QED) is 0.732. The summed E-state index contributed by atoms with van der Waals surface area (Å²) in [5, 5.41) is 8.75. The second-order valence-corrected chi connectivity index (χ2v) is 4.61. The van der Waals surface area contributed by atoms with Crippen molar-refractivity contribution in [2.45, 2.75) is 19.0 Å². The number of benzene rings is 1. The normalized spacial score (nSPS) is 17.3. The van der Waals surface area contributed by atoms with Crippen molar-refractivity contribution in [3.8, 4) is 6.07 Å². The maximum Gasteiger partial charge on any atom is 0.391 e. The number of nitrogens with zero attached hydrogens (tertiary/aromatic N) is 2. The molecule has 1 fully saturated rings. The molecule has 1 heterocycles. The van der Waals surface area contributed by atoms with Crippen LogP contribution in [-0.2, 0) is 0 Å². The van der Waals surface area contributed by atoms with Gasteiger partial charge in [-0.15, -0.1) is 0 Å². The van der Waals surface area contributed by atoms with Gasteiger partial charge in [-0.3, -0.25) is 0 Å². The van der Waals surface area contributed by atoms with Gasteiger partial charge in [0.25, 0.3) is 0 Å². The average Bonchev–Trinajstić information content (AvgIpc) is 2.37. The molecule has 0 atom stereocenters. The summed E-state index contributed by atoms with van der Waals surface area (Å²) in [7, 11) is 0. The van der Waals surface area contributed by atoms with E-state index < -0.39 is 17.9 Å². The van der Waals surface area contributed by atoms with Gasteiger partial charge in [0.2, 0.25) is 0 Å². The van der Waals surface area contributed by atoms with E-state index in [4.69, 9.17) is 5.26 Å². The van der Waals surface area contributed by atoms with Crippen LogP contribution in [0.1, 0.15) is 18.4 Å². The number of rotatable bonds is 1. The van der Waals surface area contributed by atoms with Crippen molar-refractivity contribution in [3.05, 3.63) is 29.6 Å². The van der Waals surface area contributed by atoms with Gasteiger partial charge in [0.05, 0.1) is 17.6 Å². The molecule has 1 saturated heterocycles. The highest BCUT2D eigenvalue weighted by atomic mass is 19.4. The third-order valence-electron chi connectivity index (χ3n) is 3.33. The lowest BCUT2D eigenvalue weighted by molar-refractivity contribution is -0.179. The lowest BCUT2D eigenvalue weighted by Crippen LogP contribution is -2.39. The topological polar surface area (TPSA) is 27.0 Å². The van der Waals surface area contributed by atoms with E-state index in [1.165, 1.54) is 12.1 Å². The fourth-order valence-electron chi connectivity index (χ4n) is 2.29. The first-order chi connectivity index (χ1) is 8.90. The third-order valence-corrected chi connectivity index (χ3v) is 3.33. The van der Waals surface area contributed by atoms with E-state index in [2.05, 4.69) is 0 Å². The number of hydrogen-bond donors (Lipinski definition) is 0. The summed E-state index contributed by atoms with van der Waals surface area (Å²) in [6.45, 7) is 0.441. The van der Waals surface area contributed by atoms with E-state index >= 15 is 0 Å². The summed E-state index contributed by atoms with van der Waals surface area (Å²) in [5.41, 5.74) is 0.644. The van der Waals surface area contributed by atoms with Gasteiger partial charge in [-0.05, 0) is 31.0 Å². The molecule has 0 saturated carbocycles. The van der Waals surface area contributed by atoms with Gasteiger partial charge in [0.15, 0.2) is 0 Å². The van der Waals surface area contributed by atoms with Gasteiger partial charge < -0.3 is 4.90 Å². The van der Waals surface area contributed by atoms with Crippen molar-refractivity contribution < 1.29 is 17.6 Å². The number of alkyl halides is 3. The van der Waals surface area contributed by atoms with Gasteiger partial charge >= 0.3 is 6.18 Å². The molecule has 1 aromatic carbocycles. The van der Waals surface area contributed by atoms with Crippen molar-refractivity contribution in [1.82, 2.24) is 0 Å². The summed E-state index contributed by atoms with van der Waals surface area (Å²) in [6.07, 6.45) is -4.16. The first-order valence-electron chi connectivity index (χ1n) is 5.92. The monoisotopic (exact) mass is 272 g/mol. The van der Waals surface area contributed by atoms with Crippen molar-refractivity contribution in [3.63, 3.8) is 0 Å². The molecule has 0 N–H and O–H groups in total. The highest BCUT2D eigenvalue weighted by Crippen LogP contribution is 2.35. The van der Waals surface area contributed by atoms with Crippen LogP contribution in [0.5, 0.6) is 0 Å². The van der Waals surface area contributed by atoms with Crippen LogP contribution in [0.25, 0.3) is 0 Å². The number of anilines is 1. The molecule has 0 aliphatic carbocycles. The molecule has 102 valence electrons. The van der Waals surface area contributed by atoms with Gasteiger partial charge in [-0.1, -0.05) is 0 Å². The van der Waals surface area contributed by atoms with Gasteiger partial charge in [0, 0.05) is 18.8 Å². The van der Waals surface area contributed by atoms with E-state index in [0.29, 0.717) is 5.69 Å². The molecule has 0 unspecified atom stereocenters. The van der Waals surface area contributed by atoms with Gasteiger partial charge in [0.1, 0.15) is 5.82 Å². The number of halogens is 4. The Morgan fingerprint density at radius 2 is 1.79 bits per heavy atom. The molecule has 0 radical (unpaired) electrons. The first-order valence-corrected chi connectivity index (χ1v) is 5.92. The van der Waals surface area contributed by atoms with E-state index in [9.17, 15) is 17.6 Å². The Hall–Kier alpha value is -1.77. The Bertz CT molecular complexity index is 496. The lowest BCUT2D eigenvalue weighted by atomic mass is 9.96. The van der Waals surface area contributed by atoms with Crippen molar-refractivity contribution in [2.75, 3.05) is 18.0 Å². The summed E-state index contributed by atoms with van der Waals surface area (Å²) in [4.78, 5) is 1.69. The Kier molecular flexibility index (Phi) is 3.65. The molecule has 1 aliphatic heterocycles. The maximum absolute atomic E-state index is 13.3. The zero-order valence-corrected chi connectivity index (χ0v) is 10.0. The molecule has 0 bridgehead atoms. The molecule has 2 rings (SSSR count). The van der Waals surface area contributed by atoms with Crippen LogP contribution < -0.4 is 4.90 Å². The van der Waals surface area contributed by atoms with Crippen LogP contribution >= 0.6 is 0 Å². The molecule has 19 heavy (non-hydrogen) atoms. The second-order valence-electron chi connectivity index (χ2n) is 4.61. The predicted molar refractivity (Wildman–Crippen MR) is 62.1 cm³/mol. The fraction of sp³-hybridized carbons (Fsp3) is 0.462. The summed E-state index contributed by atoms with van der Waals surface area (Å²) < 4.78 is 50.9. The maximum atomic E-state index is 13.3. The predicted octanol–water partition coefficient (Wildman–Crippen LogP) is 3.48. The fourth-order valence-corrected chi connectivity index (χ4v) is 2.29.